The number of carbonyl (C=O) groups is 2. The van der Waals surface area contributed by atoms with Crippen LogP contribution in [0, 0.1) is 0 Å². The van der Waals surface area contributed by atoms with Gasteiger partial charge in [0.2, 0.25) is 0 Å². The van der Waals surface area contributed by atoms with Gasteiger partial charge < -0.3 is 23.4 Å². The van der Waals surface area contributed by atoms with Crippen LogP contribution in [-0.4, -0.2) is 43.9 Å². The fourth-order valence-corrected chi connectivity index (χ4v) is 5.86. The maximum absolute atomic E-state index is 13.9. The molecule has 0 unspecified atom stereocenters. The number of benzene rings is 2. The molecular formula is C32H30N2O8S. The molecule has 222 valence electrons. The minimum Gasteiger partial charge on any atom is -0.493 e. The molecule has 2 aromatic carbocycles. The Morgan fingerprint density at radius 1 is 0.953 bits per heavy atom. The van der Waals surface area contributed by atoms with Crippen LogP contribution in [0.3, 0.4) is 0 Å². The summed E-state index contributed by atoms with van der Waals surface area (Å²) in [6, 6.07) is 14.9. The SMILES string of the molecule is CCOC(=O)C1=C(C)N=c2s/c(=C\c3ccc(-c4ccc(C(=O)OCC)cc4)o3)c(=O)n2[C@H]1c1ccc(OC)c(OC)c1. The number of fused-ring (bicyclic) bond motifs is 1. The van der Waals surface area contributed by atoms with E-state index in [9.17, 15) is 14.4 Å². The molecule has 4 aromatic rings. The zero-order valence-electron chi connectivity index (χ0n) is 24.3. The first kappa shape index (κ1) is 29.6. The van der Waals surface area contributed by atoms with Crippen LogP contribution < -0.4 is 24.4 Å². The molecule has 3 heterocycles. The van der Waals surface area contributed by atoms with Crippen molar-refractivity contribution < 1.29 is 33.0 Å². The number of allylic oxidation sites excluding steroid dienone is 1. The van der Waals surface area contributed by atoms with E-state index in [0.29, 0.717) is 55.8 Å². The van der Waals surface area contributed by atoms with Gasteiger partial charge in [0, 0.05) is 11.6 Å². The Morgan fingerprint density at radius 2 is 1.65 bits per heavy atom. The molecule has 2 aromatic heterocycles. The molecule has 0 saturated carbocycles. The van der Waals surface area contributed by atoms with Crippen molar-refractivity contribution in [2.45, 2.75) is 26.8 Å². The molecular weight excluding hydrogens is 572 g/mol. The molecule has 0 amide bonds. The summed E-state index contributed by atoms with van der Waals surface area (Å²) in [5.74, 6) is 1.05. The van der Waals surface area contributed by atoms with E-state index >= 15 is 0 Å². The van der Waals surface area contributed by atoms with Gasteiger partial charge in [-0.05, 0) is 62.7 Å². The van der Waals surface area contributed by atoms with Gasteiger partial charge in [0.25, 0.3) is 5.56 Å². The molecule has 11 heteroatoms. The summed E-state index contributed by atoms with van der Waals surface area (Å²) < 4.78 is 29.2. The van der Waals surface area contributed by atoms with Crippen molar-refractivity contribution >= 4 is 29.4 Å². The van der Waals surface area contributed by atoms with Crippen LogP contribution in [0.15, 0.2) is 80.1 Å². The fraction of sp³-hybridized carbons (Fsp3) is 0.250. The molecule has 1 aliphatic heterocycles. The predicted octanol–water partition coefficient (Wildman–Crippen LogP) is 4.25. The van der Waals surface area contributed by atoms with Crippen LogP contribution in [0.1, 0.15) is 48.5 Å². The average molecular weight is 603 g/mol. The van der Waals surface area contributed by atoms with Crippen molar-refractivity contribution in [3.8, 4) is 22.8 Å². The van der Waals surface area contributed by atoms with Gasteiger partial charge in [-0.1, -0.05) is 29.5 Å². The smallest absolute Gasteiger partial charge is 0.338 e. The third-order valence-corrected chi connectivity index (χ3v) is 7.80. The van der Waals surface area contributed by atoms with Crippen LogP contribution in [0.4, 0.5) is 0 Å². The highest BCUT2D eigenvalue weighted by atomic mass is 32.1. The Balaban J connectivity index is 1.57. The quantitative estimate of drug-likeness (QED) is 0.261. The topological polar surface area (TPSA) is 119 Å². The molecule has 0 bridgehead atoms. The van der Waals surface area contributed by atoms with E-state index < -0.39 is 18.0 Å². The van der Waals surface area contributed by atoms with E-state index in [1.54, 1.807) is 81.4 Å². The van der Waals surface area contributed by atoms with Gasteiger partial charge >= 0.3 is 11.9 Å². The Morgan fingerprint density at radius 3 is 2.33 bits per heavy atom. The first-order valence-corrected chi connectivity index (χ1v) is 14.4. The van der Waals surface area contributed by atoms with Crippen molar-refractivity contribution in [2.24, 2.45) is 4.99 Å². The minimum atomic E-state index is -0.803. The first-order valence-electron chi connectivity index (χ1n) is 13.6. The summed E-state index contributed by atoms with van der Waals surface area (Å²) in [6.07, 6.45) is 1.65. The molecule has 0 aliphatic carbocycles. The molecule has 0 radical (unpaired) electrons. The molecule has 0 N–H and O–H groups in total. The summed E-state index contributed by atoms with van der Waals surface area (Å²) in [5.41, 5.74) is 2.22. The van der Waals surface area contributed by atoms with Crippen molar-refractivity contribution in [3.05, 3.63) is 102 Å². The molecule has 1 aliphatic rings. The van der Waals surface area contributed by atoms with Crippen LogP contribution >= 0.6 is 11.3 Å². The molecule has 5 rings (SSSR count). The van der Waals surface area contributed by atoms with E-state index in [-0.39, 0.29) is 17.7 Å². The Hall–Kier alpha value is -4.90. The number of carbonyl (C=O) groups excluding carboxylic acids is 2. The zero-order chi connectivity index (χ0) is 30.7. The van der Waals surface area contributed by atoms with Crippen molar-refractivity contribution in [3.63, 3.8) is 0 Å². The van der Waals surface area contributed by atoms with Crippen LogP contribution in [-0.2, 0) is 14.3 Å². The van der Waals surface area contributed by atoms with Gasteiger partial charge in [-0.25, -0.2) is 14.6 Å². The van der Waals surface area contributed by atoms with Crippen molar-refractivity contribution in [2.75, 3.05) is 27.4 Å². The Bertz CT molecular complexity index is 1900. The highest BCUT2D eigenvalue weighted by molar-refractivity contribution is 7.07. The maximum Gasteiger partial charge on any atom is 0.338 e. The van der Waals surface area contributed by atoms with E-state index in [1.165, 1.54) is 30.1 Å². The number of furan rings is 1. The van der Waals surface area contributed by atoms with E-state index in [1.807, 2.05) is 0 Å². The third kappa shape index (κ3) is 5.76. The van der Waals surface area contributed by atoms with Crippen molar-refractivity contribution in [1.29, 1.82) is 0 Å². The minimum absolute atomic E-state index is 0.172. The molecule has 0 fully saturated rings. The second kappa shape index (κ2) is 12.5. The lowest BCUT2D eigenvalue weighted by molar-refractivity contribution is -0.139. The first-order chi connectivity index (χ1) is 20.8. The highest BCUT2D eigenvalue weighted by Gasteiger charge is 2.34. The van der Waals surface area contributed by atoms with E-state index in [4.69, 9.17) is 23.4 Å². The lowest BCUT2D eigenvalue weighted by Gasteiger charge is -2.25. The van der Waals surface area contributed by atoms with Gasteiger partial charge in [0.05, 0.1) is 54.8 Å². The summed E-state index contributed by atoms with van der Waals surface area (Å²) in [5, 5.41) is 0. The fourth-order valence-electron chi connectivity index (χ4n) is 4.83. The van der Waals surface area contributed by atoms with E-state index in [2.05, 4.69) is 4.99 Å². The number of methoxy groups -OCH3 is 2. The van der Waals surface area contributed by atoms with Crippen molar-refractivity contribution in [1.82, 2.24) is 4.57 Å². The van der Waals surface area contributed by atoms with Crippen LogP contribution in [0.2, 0.25) is 0 Å². The Labute approximate surface area is 251 Å². The number of aromatic nitrogens is 1. The van der Waals surface area contributed by atoms with Gasteiger partial charge in [-0.15, -0.1) is 0 Å². The number of rotatable bonds is 9. The lowest BCUT2D eigenvalue weighted by atomic mass is 9.95. The molecule has 1 atom stereocenters. The summed E-state index contributed by atoms with van der Waals surface area (Å²) in [6.45, 7) is 5.67. The number of hydrogen-bond donors (Lipinski definition) is 0. The highest BCUT2D eigenvalue weighted by Crippen LogP contribution is 2.36. The standard InChI is InChI=1S/C32H30N2O8S/c1-6-40-30(36)20-10-8-19(9-11-20)23-15-13-22(42-23)17-26-29(35)34-28(21-12-14-24(38-4)25(16-21)39-5)27(31(37)41-7-2)18(3)33-32(34)43-26/h8-17,28H,6-7H2,1-5H3/b26-17-/t28-/m0/s1. The monoisotopic (exact) mass is 602 g/mol. The molecule has 10 nitrogen and oxygen atoms in total. The number of thiazole rings is 1. The maximum atomic E-state index is 13.9. The third-order valence-electron chi connectivity index (χ3n) is 6.82. The number of ether oxygens (including phenoxy) is 4. The summed E-state index contributed by atoms with van der Waals surface area (Å²) in [4.78, 5) is 44.1. The lowest BCUT2D eigenvalue weighted by Crippen LogP contribution is -2.39. The predicted molar refractivity (Wildman–Crippen MR) is 160 cm³/mol. The zero-order valence-corrected chi connectivity index (χ0v) is 25.2. The molecule has 0 saturated heterocycles. The summed E-state index contributed by atoms with van der Waals surface area (Å²) in [7, 11) is 3.06. The number of esters is 2. The summed E-state index contributed by atoms with van der Waals surface area (Å²) >= 11 is 1.19. The van der Waals surface area contributed by atoms with Crippen LogP contribution in [0.25, 0.3) is 17.4 Å². The largest absolute Gasteiger partial charge is 0.493 e. The average Bonchev–Trinajstić information content (AvgIpc) is 3.60. The molecule has 43 heavy (non-hydrogen) atoms. The van der Waals surface area contributed by atoms with Gasteiger partial charge in [-0.3, -0.25) is 9.36 Å². The van der Waals surface area contributed by atoms with Gasteiger partial charge in [0.15, 0.2) is 16.3 Å². The number of hydrogen-bond acceptors (Lipinski definition) is 10. The van der Waals surface area contributed by atoms with Gasteiger partial charge in [-0.2, -0.15) is 0 Å². The second-order valence-electron chi connectivity index (χ2n) is 9.42. The Kier molecular flexibility index (Phi) is 8.63. The molecule has 0 spiro atoms. The van der Waals surface area contributed by atoms with E-state index in [0.717, 1.165) is 5.56 Å². The van der Waals surface area contributed by atoms with Crippen LogP contribution in [0.5, 0.6) is 11.5 Å². The van der Waals surface area contributed by atoms with Gasteiger partial charge in [0.1, 0.15) is 11.5 Å². The number of nitrogens with zero attached hydrogens (tertiary/aromatic N) is 2. The second-order valence-corrected chi connectivity index (χ2v) is 10.4. The normalized spacial score (nSPS) is 14.6.